The Morgan fingerprint density at radius 3 is 3.05 bits per heavy atom. The first-order valence-corrected chi connectivity index (χ1v) is 6.78. The molecule has 7 heteroatoms. The lowest BCUT2D eigenvalue weighted by Gasteiger charge is -2.38. The second-order valence-electron chi connectivity index (χ2n) is 5.18. The highest BCUT2D eigenvalue weighted by Gasteiger charge is 2.28. The minimum atomic E-state index is 0.459. The largest absolute Gasteiger partial charge is 0.355 e. The van der Waals surface area contributed by atoms with Gasteiger partial charge in [0.2, 0.25) is 0 Å². The molecule has 19 heavy (non-hydrogen) atoms. The van der Waals surface area contributed by atoms with Gasteiger partial charge in [-0.15, -0.1) is 14.8 Å². The van der Waals surface area contributed by atoms with Gasteiger partial charge in [-0.25, -0.2) is 0 Å². The summed E-state index contributed by atoms with van der Waals surface area (Å²) in [5.41, 5.74) is 6.56. The first-order chi connectivity index (χ1) is 9.29. The summed E-state index contributed by atoms with van der Waals surface area (Å²) < 4.78 is 1.46. The second-order valence-corrected chi connectivity index (χ2v) is 5.18. The summed E-state index contributed by atoms with van der Waals surface area (Å²) in [5.74, 6) is 1.44. The van der Waals surface area contributed by atoms with Crippen LogP contribution in [0.1, 0.15) is 25.7 Å². The van der Waals surface area contributed by atoms with Crippen LogP contribution >= 0.6 is 0 Å². The number of anilines is 1. The van der Waals surface area contributed by atoms with Gasteiger partial charge in [0.1, 0.15) is 0 Å². The Labute approximate surface area is 111 Å². The van der Waals surface area contributed by atoms with Crippen molar-refractivity contribution in [1.82, 2.24) is 25.3 Å². The standard InChI is InChI=1S/C12H19N7/c1-18(10-5-3-2-4-9(10)8-13)12-7-6-11-14-16-17-19(11)15-12/h6-7,9-10H,2-5,8,13H2,1H3. The number of hydrogen-bond acceptors (Lipinski definition) is 6. The third-order valence-corrected chi connectivity index (χ3v) is 4.09. The minimum absolute atomic E-state index is 0.459. The molecule has 2 atom stereocenters. The lowest BCUT2D eigenvalue weighted by molar-refractivity contribution is 0.305. The molecular formula is C12H19N7. The van der Waals surface area contributed by atoms with Crippen molar-refractivity contribution in [2.24, 2.45) is 11.7 Å². The van der Waals surface area contributed by atoms with E-state index in [-0.39, 0.29) is 0 Å². The fourth-order valence-corrected chi connectivity index (χ4v) is 2.97. The average Bonchev–Trinajstić information content (AvgIpc) is 2.93. The zero-order chi connectivity index (χ0) is 13.2. The Morgan fingerprint density at radius 2 is 2.21 bits per heavy atom. The van der Waals surface area contributed by atoms with Crippen molar-refractivity contribution in [3.8, 4) is 0 Å². The first-order valence-electron chi connectivity index (χ1n) is 6.78. The summed E-state index contributed by atoms with van der Waals surface area (Å²) in [6.07, 6.45) is 4.93. The highest BCUT2D eigenvalue weighted by atomic mass is 15.6. The molecule has 102 valence electrons. The maximum Gasteiger partial charge on any atom is 0.200 e. The molecule has 0 aliphatic heterocycles. The molecule has 1 saturated carbocycles. The first kappa shape index (κ1) is 12.3. The normalized spacial score (nSPS) is 23.7. The molecule has 2 aromatic heterocycles. The molecule has 7 nitrogen and oxygen atoms in total. The average molecular weight is 261 g/mol. The van der Waals surface area contributed by atoms with Gasteiger partial charge in [0.15, 0.2) is 11.5 Å². The van der Waals surface area contributed by atoms with Crippen molar-refractivity contribution in [1.29, 1.82) is 0 Å². The smallest absolute Gasteiger partial charge is 0.200 e. The molecule has 0 bridgehead atoms. The van der Waals surface area contributed by atoms with Crippen LogP contribution in [0.25, 0.3) is 5.65 Å². The maximum absolute atomic E-state index is 5.90. The van der Waals surface area contributed by atoms with Crippen molar-refractivity contribution in [3.63, 3.8) is 0 Å². The molecule has 0 saturated heterocycles. The highest BCUT2D eigenvalue weighted by molar-refractivity contribution is 5.44. The van der Waals surface area contributed by atoms with Gasteiger partial charge in [-0.2, -0.15) is 0 Å². The highest BCUT2D eigenvalue weighted by Crippen LogP contribution is 2.29. The van der Waals surface area contributed by atoms with E-state index in [2.05, 4.69) is 32.6 Å². The lowest BCUT2D eigenvalue weighted by atomic mass is 9.84. The van der Waals surface area contributed by atoms with Crippen molar-refractivity contribution < 1.29 is 0 Å². The molecule has 0 radical (unpaired) electrons. The monoisotopic (exact) mass is 261 g/mol. The zero-order valence-electron chi connectivity index (χ0n) is 11.1. The van der Waals surface area contributed by atoms with Crippen LogP contribution in [0, 0.1) is 5.92 Å². The number of aromatic nitrogens is 5. The number of fused-ring (bicyclic) bond motifs is 1. The zero-order valence-corrected chi connectivity index (χ0v) is 11.1. The molecule has 2 unspecified atom stereocenters. The molecule has 0 aromatic carbocycles. The number of nitrogens with two attached hydrogens (primary N) is 1. The van der Waals surface area contributed by atoms with E-state index >= 15 is 0 Å². The maximum atomic E-state index is 5.90. The molecule has 1 aliphatic carbocycles. The van der Waals surface area contributed by atoms with Crippen LogP contribution in [0.5, 0.6) is 0 Å². The van der Waals surface area contributed by atoms with Crippen molar-refractivity contribution in [2.45, 2.75) is 31.7 Å². The summed E-state index contributed by atoms with van der Waals surface area (Å²) in [4.78, 5) is 2.22. The fourth-order valence-electron chi connectivity index (χ4n) is 2.97. The van der Waals surface area contributed by atoms with E-state index in [1.165, 1.54) is 30.3 Å². The summed E-state index contributed by atoms with van der Waals surface area (Å²) in [6.45, 7) is 0.738. The summed E-state index contributed by atoms with van der Waals surface area (Å²) in [6, 6.07) is 4.31. The van der Waals surface area contributed by atoms with Crippen LogP contribution in [0.15, 0.2) is 12.1 Å². The molecule has 2 aromatic rings. The number of rotatable bonds is 3. The summed E-state index contributed by atoms with van der Waals surface area (Å²) in [7, 11) is 2.08. The van der Waals surface area contributed by atoms with Crippen LogP contribution < -0.4 is 10.6 Å². The van der Waals surface area contributed by atoms with Gasteiger partial charge >= 0.3 is 0 Å². The van der Waals surface area contributed by atoms with Crippen molar-refractivity contribution in [2.75, 3.05) is 18.5 Å². The van der Waals surface area contributed by atoms with Gasteiger partial charge in [0.05, 0.1) is 0 Å². The van der Waals surface area contributed by atoms with E-state index < -0.39 is 0 Å². The number of hydrogen-bond donors (Lipinski definition) is 1. The van der Waals surface area contributed by atoms with E-state index in [0.29, 0.717) is 17.6 Å². The predicted octanol–water partition coefficient (Wildman–Crippen LogP) is 0.473. The molecule has 3 rings (SSSR count). The second kappa shape index (κ2) is 5.08. The fraction of sp³-hybridized carbons (Fsp3) is 0.667. The number of nitrogens with zero attached hydrogens (tertiary/aromatic N) is 6. The SMILES string of the molecule is CN(c1ccc2nnnn2n1)C1CCCCC1CN. The van der Waals surface area contributed by atoms with Gasteiger partial charge < -0.3 is 10.6 Å². The Morgan fingerprint density at radius 1 is 1.37 bits per heavy atom. The third kappa shape index (κ3) is 2.25. The molecule has 1 fully saturated rings. The molecule has 2 N–H and O–H groups in total. The van der Waals surface area contributed by atoms with E-state index in [1.807, 2.05) is 12.1 Å². The Bertz CT molecular complexity index is 552. The van der Waals surface area contributed by atoms with Gasteiger partial charge in [-0.3, -0.25) is 0 Å². The van der Waals surface area contributed by atoms with Gasteiger partial charge in [0.25, 0.3) is 0 Å². The molecule has 0 amide bonds. The van der Waals surface area contributed by atoms with Gasteiger partial charge in [0, 0.05) is 13.1 Å². The molecular weight excluding hydrogens is 242 g/mol. The van der Waals surface area contributed by atoms with E-state index in [4.69, 9.17) is 5.73 Å². The van der Waals surface area contributed by atoms with Crippen molar-refractivity contribution in [3.05, 3.63) is 12.1 Å². The summed E-state index contributed by atoms with van der Waals surface area (Å²) >= 11 is 0. The van der Waals surface area contributed by atoms with Crippen LogP contribution in [0.3, 0.4) is 0 Å². The van der Waals surface area contributed by atoms with Crippen LogP contribution in [0.2, 0.25) is 0 Å². The van der Waals surface area contributed by atoms with Gasteiger partial charge in [-0.05, 0) is 47.9 Å². The Hall–Kier alpha value is -1.76. The van der Waals surface area contributed by atoms with Crippen LogP contribution in [-0.4, -0.2) is 44.9 Å². The molecule has 0 spiro atoms. The van der Waals surface area contributed by atoms with Crippen LogP contribution in [0.4, 0.5) is 5.82 Å². The Balaban J connectivity index is 1.86. The topological polar surface area (TPSA) is 85.2 Å². The summed E-state index contributed by atoms with van der Waals surface area (Å²) in [5, 5.41) is 15.8. The molecule has 2 heterocycles. The lowest BCUT2D eigenvalue weighted by Crippen LogP contribution is -2.43. The molecule has 1 aliphatic rings. The van der Waals surface area contributed by atoms with Crippen LogP contribution in [-0.2, 0) is 0 Å². The predicted molar refractivity (Wildman–Crippen MR) is 71.8 cm³/mol. The third-order valence-electron chi connectivity index (χ3n) is 4.09. The van der Waals surface area contributed by atoms with Gasteiger partial charge in [-0.1, -0.05) is 12.8 Å². The van der Waals surface area contributed by atoms with E-state index in [1.54, 1.807) is 0 Å². The minimum Gasteiger partial charge on any atom is -0.355 e. The number of tetrazole rings is 1. The Kier molecular flexibility index (Phi) is 3.29. The quantitative estimate of drug-likeness (QED) is 0.864. The van der Waals surface area contributed by atoms with E-state index in [0.717, 1.165) is 12.4 Å². The van der Waals surface area contributed by atoms with Crippen molar-refractivity contribution >= 4 is 11.5 Å². The van der Waals surface area contributed by atoms with E-state index in [9.17, 15) is 0 Å².